The van der Waals surface area contributed by atoms with Gasteiger partial charge < -0.3 is 20.5 Å². The lowest BCUT2D eigenvalue weighted by Crippen LogP contribution is -2.39. The molecule has 30 heavy (non-hydrogen) atoms. The van der Waals surface area contributed by atoms with Crippen molar-refractivity contribution >= 4 is 22.9 Å². The zero-order valence-electron chi connectivity index (χ0n) is 17.9. The first kappa shape index (κ1) is 21.4. The maximum atomic E-state index is 11.8. The van der Waals surface area contributed by atoms with Crippen LogP contribution in [-0.4, -0.2) is 48.6 Å². The molecule has 0 unspecified atom stereocenters. The van der Waals surface area contributed by atoms with Crippen molar-refractivity contribution in [3.8, 4) is 0 Å². The van der Waals surface area contributed by atoms with Gasteiger partial charge in [0.05, 0.1) is 11.0 Å². The van der Waals surface area contributed by atoms with Crippen LogP contribution in [0.2, 0.25) is 0 Å². The van der Waals surface area contributed by atoms with Gasteiger partial charge in [0, 0.05) is 39.3 Å². The lowest BCUT2D eigenvalue weighted by molar-refractivity contribution is 0.0963. The molecule has 0 bridgehead atoms. The zero-order chi connectivity index (χ0) is 21.3. The first-order chi connectivity index (χ1) is 14.6. The number of rotatable bonds is 8. The van der Waals surface area contributed by atoms with Crippen molar-refractivity contribution in [2.75, 3.05) is 27.2 Å². The van der Waals surface area contributed by atoms with Gasteiger partial charge >= 0.3 is 0 Å². The van der Waals surface area contributed by atoms with Crippen LogP contribution >= 0.6 is 0 Å². The molecule has 2 aromatic carbocycles. The highest BCUT2D eigenvalue weighted by atomic mass is 16.1. The number of aliphatic imine (C=N–C) groups is 1. The van der Waals surface area contributed by atoms with E-state index < -0.39 is 0 Å². The van der Waals surface area contributed by atoms with Crippen molar-refractivity contribution in [3.63, 3.8) is 0 Å². The number of imidazole rings is 1. The molecule has 3 aromatic rings. The molecule has 1 heterocycles. The highest BCUT2D eigenvalue weighted by Crippen LogP contribution is 2.15. The fourth-order valence-electron chi connectivity index (χ4n) is 3.48. The second kappa shape index (κ2) is 10.4. The Kier molecular flexibility index (Phi) is 7.43. The Bertz CT molecular complexity index is 1020. The van der Waals surface area contributed by atoms with E-state index in [4.69, 9.17) is 0 Å². The van der Waals surface area contributed by atoms with Crippen molar-refractivity contribution in [1.82, 2.24) is 25.5 Å². The minimum Gasteiger partial charge on any atom is -0.356 e. The number of aryl methyl sites for hydroxylation is 2. The lowest BCUT2D eigenvalue weighted by atomic mass is 10.1. The molecular formula is C23H30N6O. The van der Waals surface area contributed by atoms with Gasteiger partial charge in [0.1, 0.15) is 5.82 Å². The maximum absolute atomic E-state index is 11.8. The van der Waals surface area contributed by atoms with Crippen molar-refractivity contribution in [3.05, 3.63) is 65.5 Å². The number of para-hydroxylation sites is 2. The molecule has 0 radical (unpaired) electrons. The maximum Gasteiger partial charge on any atom is 0.251 e. The van der Waals surface area contributed by atoms with Gasteiger partial charge in [0.2, 0.25) is 0 Å². The van der Waals surface area contributed by atoms with Gasteiger partial charge in [0.15, 0.2) is 5.96 Å². The Labute approximate surface area is 177 Å². The molecule has 0 aliphatic heterocycles. The van der Waals surface area contributed by atoms with E-state index in [1.807, 2.05) is 49.4 Å². The molecule has 1 amide bonds. The Hall–Kier alpha value is -3.35. The smallest absolute Gasteiger partial charge is 0.251 e. The van der Waals surface area contributed by atoms with Crippen LogP contribution in [0.4, 0.5) is 0 Å². The van der Waals surface area contributed by atoms with Crippen molar-refractivity contribution in [2.45, 2.75) is 26.3 Å². The van der Waals surface area contributed by atoms with E-state index in [-0.39, 0.29) is 5.91 Å². The Morgan fingerprint density at radius 2 is 1.90 bits per heavy atom. The van der Waals surface area contributed by atoms with E-state index in [0.717, 1.165) is 55.3 Å². The van der Waals surface area contributed by atoms with E-state index >= 15 is 0 Å². The summed E-state index contributed by atoms with van der Waals surface area (Å²) in [5.74, 6) is 1.76. The number of nitrogens with one attached hydrogen (secondary N) is 3. The molecule has 3 rings (SSSR count). The highest BCUT2D eigenvalue weighted by Gasteiger charge is 2.07. The first-order valence-electron chi connectivity index (χ1n) is 10.3. The van der Waals surface area contributed by atoms with Crippen LogP contribution < -0.4 is 16.0 Å². The van der Waals surface area contributed by atoms with Gasteiger partial charge in [-0.15, -0.1) is 0 Å². The first-order valence-corrected chi connectivity index (χ1v) is 10.3. The molecule has 0 aliphatic carbocycles. The number of hydrogen-bond donors (Lipinski definition) is 3. The monoisotopic (exact) mass is 406 g/mol. The van der Waals surface area contributed by atoms with Crippen LogP contribution in [0.15, 0.2) is 53.5 Å². The van der Waals surface area contributed by atoms with E-state index in [1.54, 1.807) is 14.1 Å². The topological polar surface area (TPSA) is 83.3 Å². The number of benzene rings is 2. The van der Waals surface area contributed by atoms with Crippen LogP contribution in [-0.2, 0) is 13.0 Å². The third-order valence-electron chi connectivity index (χ3n) is 5.04. The molecule has 1 aromatic heterocycles. The summed E-state index contributed by atoms with van der Waals surface area (Å²) in [6.07, 6.45) is 1.78. The molecule has 0 fully saturated rings. The lowest BCUT2D eigenvalue weighted by Gasteiger charge is -2.13. The third-order valence-corrected chi connectivity index (χ3v) is 5.04. The summed E-state index contributed by atoms with van der Waals surface area (Å²) in [6, 6.07) is 15.9. The Balaban J connectivity index is 1.43. The molecule has 0 saturated carbocycles. The Morgan fingerprint density at radius 3 is 2.70 bits per heavy atom. The van der Waals surface area contributed by atoms with Gasteiger partial charge in [-0.2, -0.15) is 0 Å². The summed E-state index contributed by atoms with van der Waals surface area (Å²) in [4.78, 5) is 20.7. The number of nitrogens with zero attached hydrogens (tertiary/aromatic N) is 3. The molecule has 7 heteroatoms. The second-order valence-electron chi connectivity index (χ2n) is 7.11. The minimum absolute atomic E-state index is 0.0665. The summed E-state index contributed by atoms with van der Waals surface area (Å²) in [5, 5.41) is 9.35. The minimum atomic E-state index is -0.0665. The average molecular weight is 407 g/mol. The second-order valence-corrected chi connectivity index (χ2v) is 7.11. The standard InChI is InChI=1S/C23H30N6O/c1-17-28-20-10-4-5-11-21(20)29(17)15-7-13-26-23(25-3)27-14-12-18-8-6-9-19(16-18)22(30)24-2/h4-6,8-11,16H,7,12-15H2,1-3H3,(H,24,30)(H2,25,26,27). The molecular weight excluding hydrogens is 376 g/mol. The summed E-state index contributed by atoms with van der Waals surface area (Å²) < 4.78 is 2.26. The SMILES string of the molecule is CN=C(NCCCn1c(C)nc2ccccc21)NCCc1cccc(C(=O)NC)c1. The number of aromatic nitrogens is 2. The van der Waals surface area contributed by atoms with E-state index in [2.05, 4.69) is 36.6 Å². The average Bonchev–Trinajstić information content (AvgIpc) is 3.10. The molecule has 0 atom stereocenters. The number of carbonyl (C=O) groups excluding carboxylic acids is 1. The normalized spacial score (nSPS) is 11.5. The number of amides is 1. The van der Waals surface area contributed by atoms with Gasteiger partial charge in [-0.1, -0.05) is 24.3 Å². The van der Waals surface area contributed by atoms with Gasteiger partial charge in [-0.25, -0.2) is 4.98 Å². The number of fused-ring (bicyclic) bond motifs is 1. The van der Waals surface area contributed by atoms with Crippen molar-refractivity contribution < 1.29 is 4.79 Å². The Morgan fingerprint density at radius 1 is 1.10 bits per heavy atom. The third kappa shape index (κ3) is 5.37. The number of hydrogen-bond acceptors (Lipinski definition) is 3. The quantitative estimate of drug-likeness (QED) is 0.305. The van der Waals surface area contributed by atoms with Crippen LogP contribution in [0, 0.1) is 6.92 Å². The van der Waals surface area contributed by atoms with E-state index in [0.29, 0.717) is 5.56 Å². The summed E-state index contributed by atoms with van der Waals surface area (Å²) in [7, 11) is 3.41. The molecule has 7 nitrogen and oxygen atoms in total. The molecule has 0 aliphatic rings. The molecule has 0 spiro atoms. The van der Waals surface area contributed by atoms with E-state index in [9.17, 15) is 4.79 Å². The predicted octanol–water partition coefficient (Wildman–Crippen LogP) is 2.50. The number of guanidine groups is 1. The van der Waals surface area contributed by atoms with Crippen molar-refractivity contribution in [1.29, 1.82) is 0 Å². The molecule has 158 valence electrons. The fraction of sp³-hybridized carbons (Fsp3) is 0.348. The number of carbonyl (C=O) groups is 1. The van der Waals surface area contributed by atoms with Crippen LogP contribution in [0.25, 0.3) is 11.0 Å². The summed E-state index contributed by atoms with van der Waals surface area (Å²) in [5.41, 5.74) is 4.01. The zero-order valence-corrected chi connectivity index (χ0v) is 17.9. The van der Waals surface area contributed by atoms with Gasteiger partial charge in [-0.05, 0) is 49.6 Å². The summed E-state index contributed by atoms with van der Waals surface area (Å²) in [6.45, 7) is 4.51. The van der Waals surface area contributed by atoms with Gasteiger partial charge in [-0.3, -0.25) is 9.79 Å². The summed E-state index contributed by atoms with van der Waals surface area (Å²) >= 11 is 0. The fourth-order valence-corrected chi connectivity index (χ4v) is 3.48. The van der Waals surface area contributed by atoms with E-state index in [1.165, 1.54) is 5.52 Å². The molecule has 0 saturated heterocycles. The largest absolute Gasteiger partial charge is 0.356 e. The molecule has 3 N–H and O–H groups in total. The van der Waals surface area contributed by atoms with Crippen LogP contribution in [0.3, 0.4) is 0 Å². The van der Waals surface area contributed by atoms with Crippen LogP contribution in [0.1, 0.15) is 28.2 Å². The van der Waals surface area contributed by atoms with Crippen molar-refractivity contribution in [2.24, 2.45) is 4.99 Å². The predicted molar refractivity (Wildman–Crippen MR) is 122 cm³/mol. The van der Waals surface area contributed by atoms with Gasteiger partial charge in [0.25, 0.3) is 5.91 Å². The van der Waals surface area contributed by atoms with Crippen LogP contribution in [0.5, 0.6) is 0 Å². The highest BCUT2D eigenvalue weighted by molar-refractivity contribution is 5.94.